The Kier molecular flexibility index (Phi) is 13.7. The Labute approximate surface area is 365 Å². The number of hydrogen-bond acceptors (Lipinski definition) is 3. The number of carbonyl (C=O) groups is 2. The van der Waals surface area contributed by atoms with Crippen LogP contribution in [0.4, 0.5) is 87.8 Å². The van der Waals surface area contributed by atoms with Crippen LogP contribution in [0.25, 0.3) is 10.8 Å². The van der Waals surface area contributed by atoms with Crippen LogP contribution in [0, 0.1) is 116 Å². The number of halogens is 20. The van der Waals surface area contributed by atoms with Gasteiger partial charge in [0, 0.05) is 17.0 Å². The maximum absolute atomic E-state index is 15.4. The Morgan fingerprint density at radius 2 is 0.676 bits per heavy atom. The molecule has 0 amide bonds. The second kappa shape index (κ2) is 18.7. The van der Waals surface area contributed by atoms with Crippen molar-refractivity contribution < 1.29 is 107 Å². The number of ether oxygens (including phenoxy) is 1. The number of fused-ring (bicyclic) bond motifs is 1. The van der Waals surface area contributed by atoms with E-state index in [1.54, 1.807) is 24.3 Å². The molecule has 0 spiro atoms. The lowest BCUT2D eigenvalue weighted by molar-refractivity contribution is -0.681. The highest BCUT2D eigenvalue weighted by atomic mass is 19.2. The fraction of sp³-hybridized carbons (Fsp3) is 0.0465. The summed E-state index contributed by atoms with van der Waals surface area (Å²) in [5, 5.41) is 2.22. The molecule has 6 aromatic carbocycles. The van der Waals surface area contributed by atoms with Gasteiger partial charge in [-0.3, -0.25) is 4.79 Å². The number of aromatic nitrogens is 1. The highest BCUT2D eigenvalue weighted by Gasteiger charge is 2.52. The first-order chi connectivity index (χ1) is 31.9. The van der Waals surface area contributed by atoms with Crippen molar-refractivity contribution in [3.05, 3.63) is 194 Å². The third-order valence-electron chi connectivity index (χ3n) is 10.4. The van der Waals surface area contributed by atoms with E-state index < -0.39 is 150 Å². The van der Waals surface area contributed by atoms with E-state index in [4.69, 9.17) is 0 Å². The lowest BCUT2D eigenvalue weighted by Crippen LogP contribution is -2.81. The summed E-state index contributed by atoms with van der Waals surface area (Å²) in [4.78, 5) is 23.8. The van der Waals surface area contributed by atoms with Crippen LogP contribution in [0.1, 0.15) is 20.7 Å². The number of pyridine rings is 1. The molecule has 25 heteroatoms. The molecular weight excluding hydrogens is 969 g/mol. The molecule has 7 rings (SSSR count). The fourth-order valence-electron chi connectivity index (χ4n) is 7.32. The minimum absolute atomic E-state index is 0.0123. The van der Waals surface area contributed by atoms with Crippen molar-refractivity contribution in [2.45, 2.75) is 6.54 Å². The summed E-state index contributed by atoms with van der Waals surface area (Å²) >= 11 is 0. The van der Waals surface area contributed by atoms with Crippen molar-refractivity contribution in [3.8, 4) is 0 Å². The first kappa shape index (κ1) is 50.0. The van der Waals surface area contributed by atoms with Crippen molar-refractivity contribution in [2.75, 3.05) is 7.11 Å². The van der Waals surface area contributed by atoms with E-state index >= 15 is 35.1 Å². The van der Waals surface area contributed by atoms with Gasteiger partial charge in [0.1, 0.15) is 52.7 Å². The Morgan fingerprint density at radius 3 is 0.985 bits per heavy atom. The molecule has 68 heavy (non-hydrogen) atoms. The van der Waals surface area contributed by atoms with Gasteiger partial charge in [0.2, 0.25) is 12.3 Å². The number of carbonyl (C=O) groups excluding carboxylic acids is 2. The first-order valence-electron chi connectivity index (χ1n) is 18.2. The second-order valence-electron chi connectivity index (χ2n) is 14.0. The monoisotopic (exact) mass is 985 g/mol. The zero-order chi connectivity index (χ0) is 50.6. The van der Waals surface area contributed by atoms with Crippen LogP contribution in [0.2, 0.25) is 0 Å². The normalized spacial score (nSPS) is 11.5. The van der Waals surface area contributed by atoms with Crippen molar-refractivity contribution in [1.29, 1.82) is 0 Å². The largest absolute Gasteiger partial charge is 0.465 e. The van der Waals surface area contributed by atoms with E-state index in [1.807, 2.05) is 47.3 Å². The number of benzene rings is 6. The molecule has 0 bridgehead atoms. The molecule has 0 aliphatic rings. The van der Waals surface area contributed by atoms with Crippen LogP contribution in [-0.4, -0.2) is 25.0 Å². The zero-order valence-corrected chi connectivity index (χ0v) is 32.9. The van der Waals surface area contributed by atoms with Gasteiger partial charge in [-0.15, -0.1) is 21.9 Å². The van der Waals surface area contributed by atoms with Crippen molar-refractivity contribution in [1.82, 2.24) is 0 Å². The third-order valence-corrected chi connectivity index (χ3v) is 10.4. The maximum atomic E-state index is 15.4. The molecule has 1 aromatic heterocycles. The van der Waals surface area contributed by atoms with Crippen molar-refractivity contribution in [2.24, 2.45) is 0 Å². The SMILES string of the molecule is COC(=O)c1ccc(C(=O)C[n+]2ccc3ccccc3c2)cc1.Fc1c(F)c(F)c([B-](c2c(F)c(F)c(F)c(F)c2F)(c2c(F)c(F)c(F)c(F)c2F)c2c(F)c(F)c(F)c(F)c2F)c(F)c1F. The number of ketones is 1. The number of Topliss-reactive ketones (excluding diaryl/α,β-unsaturated/α-hetero) is 1. The molecule has 0 N–H and O–H groups in total. The number of rotatable bonds is 8. The summed E-state index contributed by atoms with van der Waals surface area (Å²) in [7, 11) is 1.33. The highest BCUT2D eigenvalue weighted by Crippen LogP contribution is 2.31. The Hall–Kier alpha value is -7.47. The number of methoxy groups -OCH3 is 1. The van der Waals surface area contributed by atoms with Crippen molar-refractivity contribution in [3.63, 3.8) is 0 Å². The van der Waals surface area contributed by atoms with Crippen LogP contribution in [0.3, 0.4) is 0 Å². The van der Waals surface area contributed by atoms with Crippen LogP contribution >= 0.6 is 0 Å². The van der Waals surface area contributed by atoms with E-state index in [0.29, 0.717) is 11.1 Å². The molecule has 1 heterocycles. The number of esters is 1. The predicted molar refractivity (Wildman–Crippen MR) is 195 cm³/mol. The number of nitrogens with zero attached hydrogens (tertiary/aromatic N) is 1. The highest BCUT2D eigenvalue weighted by molar-refractivity contribution is 7.20. The minimum Gasteiger partial charge on any atom is -0.465 e. The van der Waals surface area contributed by atoms with E-state index in [2.05, 4.69) is 4.74 Å². The molecule has 4 nitrogen and oxygen atoms in total. The van der Waals surface area contributed by atoms with Gasteiger partial charge in [0.15, 0.2) is 82.2 Å². The van der Waals surface area contributed by atoms with Crippen molar-refractivity contribution >= 4 is 50.5 Å². The summed E-state index contributed by atoms with van der Waals surface area (Å²) in [6.07, 6.45) is -3.37. The molecule has 0 atom stereocenters. The van der Waals surface area contributed by atoms with Gasteiger partial charge < -0.3 is 4.74 Å². The van der Waals surface area contributed by atoms with Gasteiger partial charge in [-0.2, -0.15) is 4.57 Å². The smallest absolute Gasteiger partial charge is 0.337 e. The lowest BCUT2D eigenvalue weighted by Gasteiger charge is -2.44. The molecule has 354 valence electrons. The molecule has 0 unspecified atom stereocenters. The number of hydrogen-bond donors (Lipinski definition) is 0. The van der Waals surface area contributed by atoms with Crippen LogP contribution in [-0.2, 0) is 11.3 Å². The molecule has 0 saturated carbocycles. The quantitative estimate of drug-likeness (QED) is 0.0292. The van der Waals surface area contributed by atoms with E-state index in [1.165, 1.54) is 7.11 Å². The minimum atomic E-state index is -7.22. The lowest BCUT2D eigenvalue weighted by atomic mass is 9.12. The van der Waals surface area contributed by atoms with Gasteiger partial charge in [-0.05, 0) is 23.6 Å². The Morgan fingerprint density at radius 1 is 0.397 bits per heavy atom. The molecule has 7 aromatic rings. The topological polar surface area (TPSA) is 47.3 Å². The van der Waals surface area contributed by atoms with Crippen LogP contribution in [0.5, 0.6) is 0 Å². The molecule has 0 saturated heterocycles. The van der Waals surface area contributed by atoms with Crippen LogP contribution in [0.15, 0.2) is 67.0 Å². The standard InChI is InChI=1S/C24BF20.C19H16NO3/c26-5-1(6(27)14(35)21(42)13(5)34)25(2-7(28)15(36)22(43)16(37)8(2)29,3-9(30)17(38)23(44)18(39)10(3)31)4-11(32)19(40)24(45)20(41)12(4)33;1-23-19(22)16-8-6-15(7-9-16)18(21)13-20-11-10-14-4-2-3-5-17(14)12-20/h;2-12H,13H2,1H3/q-1;+1. The van der Waals surface area contributed by atoms with E-state index in [-0.39, 0.29) is 12.3 Å². The molecule has 0 radical (unpaired) electrons. The molecule has 0 fully saturated rings. The van der Waals surface area contributed by atoms with E-state index in [0.717, 1.165) is 10.8 Å². The van der Waals surface area contributed by atoms with E-state index in [9.17, 15) is 62.3 Å². The zero-order valence-electron chi connectivity index (χ0n) is 32.9. The average molecular weight is 985 g/mol. The van der Waals surface area contributed by atoms with Gasteiger partial charge in [-0.1, -0.05) is 30.3 Å². The first-order valence-corrected chi connectivity index (χ1v) is 18.2. The van der Waals surface area contributed by atoms with Gasteiger partial charge in [0.25, 0.3) is 0 Å². The third kappa shape index (κ3) is 7.91. The average Bonchev–Trinajstić information content (AvgIpc) is 3.33. The summed E-state index contributed by atoms with van der Waals surface area (Å²) in [5.74, 6) is -71.8. The van der Waals surface area contributed by atoms with Crippen LogP contribution < -0.4 is 26.4 Å². The summed E-state index contributed by atoms with van der Waals surface area (Å²) in [6, 6.07) is 16.5. The summed E-state index contributed by atoms with van der Waals surface area (Å²) in [5.41, 5.74) is -13.3. The molecular formula is C43H16BF20NO3. The maximum Gasteiger partial charge on any atom is 0.337 e. The van der Waals surface area contributed by atoms with Gasteiger partial charge in [0.05, 0.1) is 12.7 Å². The molecule has 0 aliphatic heterocycles. The summed E-state index contributed by atoms with van der Waals surface area (Å²) < 4.78 is 300. The Bertz CT molecular complexity index is 2860. The molecule has 0 aliphatic carbocycles. The van der Waals surface area contributed by atoms with Gasteiger partial charge >= 0.3 is 5.97 Å². The fourth-order valence-corrected chi connectivity index (χ4v) is 7.32. The summed E-state index contributed by atoms with van der Waals surface area (Å²) in [6.45, 7) is 0.252. The predicted octanol–water partition coefficient (Wildman–Crippen LogP) is 8.64. The Balaban J connectivity index is 0.000000276. The van der Waals surface area contributed by atoms with Gasteiger partial charge in [-0.25, -0.2) is 92.6 Å². The second-order valence-corrected chi connectivity index (χ2v) is 14.0.